The molecular formula is C23H22Cl2N2O3S. The summed E-state index contributed by atoms with van der Waals surface area (Å²) >= 11 is 12.1. The van der Waals surface area contributed by atoms with Crippen molar-refractivity contribution in [1.29, 1.82) is 0 Å². The summed E-state index contributed by atoms with van der Waals surface area (Å²) in [6.07, 6.45) is 0.818. The smallest absolute Gasteiger partial charge is 0.264 e. The van der Waals surface area contributed by atoms with Gasteiger partial charge in [0.2, 0.25) is 5.91 Å². The molecule has 5 nitrogen and oxygen atoms in total. The topological polar surface area (TPSA) is 66.5 Å². The van der Waals surface area contributed by atoms with E-state index in [0.717, 1.165) is 21.9 Å². The van der Waals surface area contributed by atoms with E-state index in [9.17, 15) is 13.2 Å². The molecule has 0 aromatic heterocycles. The van der Waals surface area contributed by atoms with Gasteiger partial charge in [0, 0.05) is 0 Å². The summed E-state index contributed by atoms with van der Waals surface area (Å²) in [5.74, 6) is -0.542. The molecule has 3 rings (SSSR count). The zero-order valence-electron chi connectivity index (χ0n) is 17.1. The molecule has 3 aromatic carbocycles. The zero-order chi connectivity index (χ0) is 22.6. The van der Waals surface area contributed by atoms with Gasteiger partial charge in [-0.05, 0) is 55.3 Å². The van der Waals surface area contributed by atoms with Crippen LogP contribution in [0.5, 0.6) is 0 Å². The molecule has 1 amide bonds. The van der Waals surface area contributed by atoms with E-state index in [0.29, 0.717) is 16.4 Å². The Morgan fingerprint density at radius 2 is 1.61 bits per heavy atom. The monoisotopic (exact) mass is 476 g/mol. The molecule has 0 unspecified atom stereocenters. The van der Waals surface area contributed by atoms with Gasteiger partial charge in [0.1, 0.15) is 6.54 Å². The lowest BCUT2D eigenvalue weighted by Gasteiger charge is -2.24. The van der Waals surface area contributed by atoms with Crippen LogP contribution >= 0.6 is 23.2 Å². The van der Waals surface area contributed by atoms with Crippen molar-refractivity contribution in [1.82, 2.24) is 0 Å². The van der Waals surface area contributed by atoms with Crippen LogP contribution in [-0.2, 0) is 21.2 Å². The largest absolute Gasteiger partial charge is 0.323 e. The first-order chi connectivity index (χ1) is 14.7. The second-order valence-corrected chi connectivity index (χ2v) is 9.64. The number of aryl methyl sites for hydroxylation is 2. The van der Waals surface area contributed by atoms with Gasteiger partial charge in [0.15, 0.2) is 0 Å². The molecule has 1 N–H and O–H groups in total. The van der Waals surface area contributed by atoms with E-state index in [2.05, 4.69) is 5.32 Å². The SMILES string of the molecule is CCc1ccc(N(CC(=O)Nc2cccc(Cl)c2Cl)S(=O)(=O)c2ccc(C)cc2)cc1. The van der Waals surface area contributed by atoms with Gasteiger partial charge in [-0.25, -0.2) is 8.42 Å². The second-order valence-electron chi connectivity index (χ2n) is 6.99. The molecule has 0 radical (unpaired) electrons. The van der Waals surface area contributed by atoms with Gasteiger partial charge >= 0.3 is 0 Å². The molecule has 3 aromatic rings. The summed E-state index contributed by atoms with van der Waals surface area (Å²) in [6.45, 7) is 3.46. The quantitative estimate of drug-likeness (QED) is 0.475. The summed E-state index contributed by atoms with van der Waals surface area (Å²) < 4.78 is 27.9. The van der Waals surface area contributed by atoms with E-state index >= 15 is 0 Å². The third kappa shape index (κ3) is 5.39. The van der Waals surface area contributed by atoms with Gasteiger partial charge in [-0.3, -0.25) is 9.10 Å². The van der Waals surface area contributed by atoms with Gasteiger partial charge in [0.05, 0.1) is 26.3 Å². The van der Waals surface area contributed by atoms with Crippen LogP contribution < -0.4 is 9.62 Å². The van der Waals surface area contributed by atoms with Crippen molar-refractivity contribution in [3.05, 3.63) is 87.9 Å². The first-order valence-corrected chi connectivity index (χ1v) is 11.8. The normalized spacial score (nSPS) is 11.2. The maximum atomic E-state index is 13.4. The average Bonchev–Trinajstić information content (AvgIpc) is 2.75. The number of sulfonamides is 1. The third-order valence-electron chi connectivity index (χ3n) is 4.75. The number of nitrogens with zero attached hydrogens (tertiary/aromatic N) is 1. The fourth-order valence-electron chi connectivity index (χ4n) is 2.97. The van der Waals surface area contributed by atoms with E-state index in [4.69, 9.17) is 23.2 Å². The summed E-state index contributed by atoms with van der Waals surface area (Å²) in [5, 5.41) is 3.13. The summed E-state index contributed by atoms with van der Waals surface area (Å²) in [7, 11) is -3.98. The van der Waals surface area contributed by atoms with Crippen LogP contribution in [0, 0.1) is 6.92 Å². The van der Waals surface area contributed by atoms with E-state index in [1.165, 1.54) is 12.1 Å². The molecule has 0 saturated heterocycles. The Bertz CT molecular complexity index is 1180. The molecule has 0 fully saturated rings. The minimum Gasteiger partial charge on any atom is -0.323 e. The van der Waals surface area contributed by atoms with Crippen molar-refractivity contribution < 1.29 is 13.2 Å². The van der Waals surface area contributed by atoms with Crippen molar-refractivity contribution in [2.45, 2.75) is 25.2 Å². The first-order valence-electron chi connectivity index (χ1n) is 9.64. The number of anilines is 2. The number of hydrogen-bond donors (Lipinski definition) is 1. The van der Waals surface area contributed by atoms with Crippen LogP contribution in [0.2, 0.25) is 10.0 Å². The number of nitrogens with one attached hydrogen (secondary N) is 1. The fraction of sp³-hybridized carbons (Fsp3) is 0.174. The Hall–Kier alpha value is -2.54. The Morgan fingerprint density at radius 3 is 2.23 bits per heavy atom. The zero-order valence-corrected chi connectivity index (χ0v) is 19.4. The predicted molar refractivity (Wildman–Crippen MR) is 127 cm³/mol. The molecular weight excluding hydrogens is 455 g/mol. The molecule has 0 bridgehead atoms. The molecule has 162 valence electrons. The van der Waals surface area contributed by atoms with Crippen LogP contribution in [0.3, 0.4) is 0 Å². The maximum absolute atomic E-state index is 13.4. The van der Waals surface area contributed by atoms with Gasteiger partial charge < -0.3 is 5.32 Å². The summed E-state index contributed by atoms with van der Waals surface area (Å²) in [6, 6.07) is 18.4. The number of benzene rings is 3. The summed E-state index contributed by atoms with van der Waals surface area (Å²) in [4.78, 5) is 12.9. The molecule has 0 aliphatic rings. The van der Waals surface area contributed by atoms with Gasteiger partial charge in [0.25, 0.3) is 10.0 Å². The average molecular weight is 477 g/mol. The lowest BCUT2D eigenvalue weighted by atomic mass is 10.1. The van der Waals surface area contributed by atoms with E-state index in [1.807, 2.05) is 26.0 Å². The minimum absolute atomic E-state index is 0.103. The van der Waals surface area contributed by atoms with Gasteiger partial charge in [-0.2, -0.15) is 0 Å². The lowest BCUT2D eigenvalue weighted by molar-refractivity contribution is -0.114. The molecule has 0 atom stereocenters. The van der Waals surface area contributed by atoms with Crippen molar-refractivity contribution in [2.24, 2.45) is 0 Å². The van der Waals surface area contributed by atoms with Crippen LogP contribution in [0.25, 0.3) is 0 Å². The highest BCUT2D eigenvalue weighted by Gasteiger charge is 2.27. The van der Waals surface area contributed by atoms with Gasteiger partial charge in [-0.15, -0.1) is 0 Å². The second kappa shape index (κ2) is 9.73. The predicted octanol–water partition coefficient (Wildman–Crippen LogP) is 5.70. The Labute approximate surface area is 192 Å². The van der Waals surface area contributed by atoms with E-state index in [-0.39, 0.29) is 9.92 Å². The van der Waals surface area contributed by atoms with Crippen LogP contribution in [0.1, 0.15) is 18.1 Å². The number of rotatable bonds is 7. The molecule has 0 aliphatic heterocycles. The van der Waals surface area contributed by atoms with Crippen molar-refractivity contribution in [2.75, 3.05) is 16.2 Å². The standard InChI is InChI=1S/C23H22Cl2N2O3S/c1-3-17-9-11-18(12-10-17)27(31(29,30)19-13-7-16(2)8-14-19)15-22(28)26-21-6-4-5-20(24)23(21)25/h4-14H,3,15H2,1-2H3,(H,26,28). The van der Waals surface area contributed by atoms with Gasteiger partial charge in [-0.1, -0.05) is 66.0 Å². The third-order valence-corrected chi connectivity index (χ3v) is 7.36. The minimum atomic E-state index is -3.98. The number of hydrogen-bond acceptors (Lipinski definition) is 3. The Morgan fingerprint density at radius 1 is 0.968 bits per heavy atom. The van der Waals surface area contributed by atoms with Crippen LogP contribution in [-0.4, -0.2) is 20.9 Å². The molecule has 0 aliphatic carbocycles. The van der Waals surface area contributed by atoms with Crippen molar-refractivity contribution in [3.63, 3.8) is 0 Å². The molecule has 8 heteroatoms. The molecule has 31 heavy (non-hydrogen) atoms. The van der Waals surface area contributed by atoms with E-state index in [1.54, 1.807) is 42.5 Å². The van der Waals surface area contributed by atoms with Crippen LogP contribution in [0.4, 0.5) is 11.4 Å². The van der Waals surface area contributed by atoms with E-state index < -0.39 is 22.5 Å². The lowest BCUT2D eigenvalue weighted by Crippen LogP contribution is -2.38. The Balaban J connectivity index is 1.96. The fourth-order valence-corrected chi connectivity index (χ4v) is 4.74. The van der Waals surface area contributed by atoms with Crippen molar-refractivity contribution in [3.8, 4) is 0 Å². The van der Waals surface area contributed by atoms with Crippen molar-refractivity contribution >= 4 is 50.5 Å². The maximum Gasteiger partial charge on any atom is 0.264 e. The summed E-state index contributed by atoms with van der Waals surface area (Å²) in [5.41, 5.74) is 2.70. The highest BCUT2D eigenvalue weighted by atomic mass is 35.5. The molecule has 0 saturated carbocycles. The number of halogens is 2. The highest BCUT2D eigenvalue weighted by Crippen LogP contribution is 2.30. The molecule has 0 heterocycles. The Kier molecular flexibility index (Phi) is 7.26. The number of amides is 1. The number of carbonyl (C=O) groups is 1. The van der Waals surface area contributed by atoms with Crippen LogP contribution in [0.15, 0.2) is 71.6 Å². The number of carbonyl (C=O) groups excluding carboxylic acids is 1. The first kappa shape index (κ1) is 23.1. The molecule has 0 spiro atoms. The highest BCUT2D eigenvalue weighted by molar-refractivity contribution is 7.92.